The van der Waals surface area contributed by atoms with E-state index in [1.807, 2.05) is 0 Å². The Morgan fingerprint density at radius 1 is 1.58 bits per heavy atom. The Bertz CT molecular complexity index is 234. The summed E-state index contributed by atoms with van der Waals surface area (Å²) < 4.78 is 3.82. The van der Waals surface area contributed by atoms with Crippen LogP contribution >= 0.6 is 11.5 Å². The molecule has 0 bridgehead atoms. The molecule has 0 spiro atoms. The largest absolute Gasteiger partial charge is 0.371 e. The number of aromatic nitrogens is 2. The van der Waals surface area contributed by atoms with E-state index in [0.29, 0.717) is 6.04 Å². The molecule has 1 N–H and O–H groups in total. The smallest absolute Gasteiger partial charge is 0.130 e. The molecule has 0 saturated heterocycles. The number of nitrogens with one attached hydrogen (secondary N) is 1. The minimum absolute atomic E-state index is 0.646. The average Bonchev–Trinajstić information content (AvgIpc) is 2.65. The summed E-state index contributed by atoms with van der Waals surface area (Å²) in [5.74, 6) is 0.798. The summed E-state index contributed by atoms with van der Waals surface area (Å²) in [6.07, 6.45) is 5.80. The topological polar surface area (TPSA) is 37.8 Å². The van der Waals surface area contributed by atoms with Crippen LogP contribution in [-0.2, 0) is 0 Å². The molecule has 1 aliphatic rings. The van der Waals surface area contributed by atoms with Crippen LogP contribution in [0.1, 0.15) is 26.2 Å². The number of rotatable bonds is 2. The summed E-state index contributed by atoms with van der Waals surface area (Å²) in [5, 5.41) is 8.36. The molecule has 2 atom stereocenters. The molecule has 12 heavy (non-hydrogen) atoms. The average molecular weight is 183 g/mol. The van der Waals surface area contributed by atoms with Crippen molar-refractivity contribution >= 4 is 16.5 Å². The van der Waals surface area contributed by atoms with Gasteiger partial charge < -0.3 is 5.32 Å². The van der Waals surface area contributed by atoms with E-state index in [9.17, 15) is 0 Å². The highest BCUT2D eigenvalue weighted by Gasteiger charge is 2.23. The van der Waals surface area contributed by atoms with E-state index >= 15 is 0 Å². The van der Waals surface area contributed by atoms with E-state index in [2.05, 4.69) is 21.8 Å². The van der Waals surface area contributed by atoms with Gasteiger partial charge in [0.05, 0.1) is 6.20 Å². The van der Waals surface area contributed by atoms with Crippen LogP contribution in [0.4, 0.5) is 5.00 Å². The van der Waals surface area contributed by atoms with Gasteiger partial charge in [0.2, 0.25) is 0 Å². The van der Waals surface area contributed by atoms with Crippen molar-refractivity contribution in [3.63, 3.8) is 0 Å². The number of hydrogen-bond acceptors (Lipinski definition) is 4. The monoisotopic (exact) mass is 183 g/mol. The van der Waals surface area contributed by atoms with E-state index in [1.165, 1.54) is 30.8 Å². The standard InChI is InChI=1S/C8H13N3S/c1-6-3-2-4-7(6)10-8-5-9-11-12-8/h5-7,10H,2-4H2,1H3. The summed E-state index contributed by atoms with van der Waals surface area (Å²) in [5.41, 5.74) is 0. The molecule has 1 fully saturated rings. The van der Waals surface area contributed by atoms with Crippen molar-refractivity contribution in [3.05, 3.63) is 6.20 Å². The second-order valence-electron chi connectivity index (χ2n) is 3.44. The van der Waals surface area contributed by atoms with Crippen molar-refractivity contribution in [1.82, 2.24) is 9.59 Å². The molecule has 1 saturated carbocycles. The lowest BCUT2D eigenvalue weighted by molar-refractivity contribution is 0.557. The second kappa shape index (κ2) is 3.39. The molecule has 4 heteroatoms. The van der Waals surface area contributed by atoms with Gasteiger partial charge in [0.15, 0.2) is 0 Å². The van der Waals surface area contributed by atoms with Gasteiger partial charge in [-0.2, -0.15) is 0 Å². The summed E-state index contributed by atoms with van der Waals surface area (Å²) in [4.78, 5) is 0. The molecular formula is C8H13N3S. The zero-order valence-electron chi connectivity index (χ0n) is 7.16. The van der Waals surface area contributed by atoms with Gasteiger partial charge in [-0.25, -0.2) is 0 Å². The lowest BCUT2D eigenvalue weighted by Gasteiger charge is -2.15. The molecule has 0 amide bonds. The predicted octanol–water partition coefficient (Wildman–Crippen LogP) is 2.14. The lowest BCUT2D eigenvalue weighted by Crippen LogP contribution is -2.20. The van der Waals surface area contributed by atoms with Crippen LogP contribution in [0.5, 0.6) is 0 Å². The maximum atomic E-state index is 3.82. The molecule has 0 radical (unpaired) electrons. The molecule has 2 rings (SSSR count). The highest BCUT2D eigenvalue weighted by atomic mass is 32.1. The third-order valence-corrected chi connectivity index (χ3v) is 3.15. The van der Waals surface area contributed by atoms with Gasteiger partial charge in [0, 0.05) is 17.6 Å². The minimum atomic E-state index is 0.646. The van der Waals surface area contributed by atoms with Crippen molar-refractivity contribution in [2.45, 2.75) is 32.2 Å². The highest BCUT2D eigenvalue weighted by molar-refractivity contribution is 7.09. The molecule has 1 aromatic rings. The normalized spacial score (nSPS) is 29.1. The zero-order valence-corrected chi connectivity index (χ0v) is 7.97. The third kappa shape index (κ3) is 1.58. The maximum Gasteiger partial charge on any atom is 0.130 e. The highest BCUT2D eigenvalue weighted by Crippen LogP contribution is 2.28. The first-order valence-corrected chi connectivity index (χ1v) is 5.17. The van der Waals surface area contributed by atoms with Crippen molar-refractivity contribution in [2.24, 2.45) is 5.92 Å². The molecular weight excluding hydrogens is 170 g/mol. The first-order valence-electron chi connectivity index (χ1n) is 4.40. The van der Waals surface area contributed by atoms with E-state index in [0.717, 1.165) is 10.9 Å². The molecule has 1 aromatic heterocycles. The van der Waals surface area contributed by atoms with Gasteiger partial charge >= 0.3 is 0 Å². The van der Waals surface area contributed by atoms with E-state index < -0.39 is 0 Å². The van der Waals surface area contributed by atoms with Gasteiger partial charge in [-0.3, -0.25) is 0 Å². The Labute approximate surface area is 76.4 Å². The van der Waals surface area contributed by atoms with E-state index in [4.69, 9.17) is 0 Å². The van der Waals surface area contributed by atoms with Crippen molar-refractivity contribution < 1.29 is 0 Å². The molecule has 3 nitrogen and oxygen atoms in total. The number of hydrogen-bond donors (Lipinski definition) is 1. The Balaban J connectivity index is 1.95. The van der Waals surface area contributed by atoms with E-state index in [-0.39, 0.29) is 0 Å². The Kier molecular flexibility index (Phi) is 2.26. The lowest BCUT2D eigenvalue weighted by atomic mass is 10.1. The third-order valence-electron chi connectivity index (χ3n) is 2.55. The maximum absolute atomic E-state index is 3.82. The van der Waals surface area contributed by atoms with Crippen LogP contribution in [0.2, 0.25) is 0 Å². The van der Waals surface area contributed by atoms with Crippen LogP contribution in [0.3, 0.4) is 0 Å². The summed E-state index contributed by atoms with van der Waals surface area (Å²) in [6, 6.07) is 0.646. The van der Waals surface area contributed by atoms with Gasteiger partial charge in [0.25, 0.3) is 0 Å². The van der Waals surface area contributed by atoms with Crippen molar-refractivity contribution in [1.29, 1.82) is 0 Å². The molecule has 1 heterocycles. The van der Waals surface area contributed by atoms with Crippen molar-refractivity contribution in [2.75, 3.05) is 5.32 Å². The van der Waals surface area contributed by atoms with Crippen LogP contribution in [-0.4, -0.2) is 15.6 Å². The van der Waals surface area contributed by atoms with Gasteiger partial charge in [-0.05, 0) is 18.8 Å². The quantitative estimate of drug-likeness (QED) is 0.763. The van der Waals surface area contributed by atoms with E-state index in [1.54, 1.807) is 6.20 Å². The number of anilines is 1. The Morgan fingerprint density at radius 2 is 2.50 bits per heavy atom. The van der Waals surface area contributed by atoms with Crippen LogP contribution in [0, 0.1) is 5.92 Å². The summed E-state index contributed by atoms with van der Waals surface area (Å²) >= 11 is 1.44. The summed E-state index contributed by atoms with van der Waals surface area (Å²) in [7, 11) is 0. The van der Waals surface area contributed by atoms with Crippen LogP contribution in [0.25, 0.3) is 0 Å². The van der Waals surface area contributed by atoms with Gasteiger partial charge in [-0.15, -0.1) is 5.10 Å². The molecule has 0 aliphatic heterocycles. The fourth-order valence-electron chi connectivity index (χ4n) is 1.77. The fourth-order valence-corrected chi connectivity index (χ4v) is 2.25. The zero-order chi connectivity index (χ0) is 8.39. The van der Waals surface area contributed by atoms with Gasteiger partial charge in [-0.1, -0.05) is 17.8 Å². The number of nitrogens with zero attached hydrogens (tertiary/aromatic N) is 2. The second-order valence-corrected chi connectivity index (χ2v) is 4.23. The fraction of sp³-hybridized carbons (Fsp3) is 0.750. The molecule has 0 aromatic carbocycles. The minimum Gasteiger partial charge on any atom is -0.371 e. The van der Waals surface area contributed by atoms with Crippen molar-refractivity contribution in [3.8, 4) is 0 Å². The predicted molar refractivity (Wildman–Crippen MR) is 50.3 cm³/mol. The van der Waals surface area contributed by atoms with Gasteiger partial charge in [0.1, 0.15) is 5.00 Å². The Hall–Kier alpha value is -0.640. The molecule has 66 valence electrons. The summed E-state index contributed by atoms with van der Waals surface area (Å²) in [6.45, 7) is 2.30. The SMILES string of the molecule is CC1CCCC1Nc1cnns1. The Morgan fingerprint density at radius 3 is 3.08 bits per heavy atom. The first-order chi connectivity index (χ1) is 5.86. The van der Waals surface area contributed by atoms with Crippen LogP contribution < -0.4 is 5.32 Å². The van der Waals surface area contributed by atoms with Crippen LogP contribution in [0.15, 0.2) is 6.20 Å². The first kappa shape index (κ1) is 7.98. The molecule has 1 aliphatic carbocycles. The molecule has 2 unspecified atom stereocenters.